The van der Waals surface area contributed by atoms with E-state index in [1.807, 2.05) is 15.4 Å². The minimum Gasteiger partial charge on any atom is -0.246 e. The third-order valence-corrected chi connectivity index (χ3v) is 11.2. The van der Waals surface area contributed by atoms with Crippen LogP contribution in [0.2, 0.25) is 0 Å². The molecule has 1 aromatic heterocycles. The predicted octanol–water partition coefficient (Wildman–Crippen LogP) is 4.97. The molecule has 4 aliphatic carbocycles. The van der Waals surface area contributed by atoms with Crippen molar-refractivity contribution in [2.24, 2.45) is 28.1 Å². The van der Waals surface area contributed by atoms with Gasteiger partial charge in [0.25, 0.3) is 0 Å². The van der Waals surface area contributed by atoms with Crippen molar-refractivity contribution in [1.29, 1.82) is 0 Å². The highest BCUT2D eigenvalue weighted by atomic mass is 16.2. The lowest BCUT2D eigenvalue weighted by atomic mass is 9.48. The molecule has 2 aromatic rings. The van der Waals surface area contributed by atoms with Gasteiger partial charge in [-0.3, -0.25) is 0 Å². The summed E-state index contributed by atoms with van der Waals surface area (Å²) < 4.78 is 5.30. The summed E-state index contributed by atoms with van der Waals surface area (Å²) in [5.74, 6) is 0.834. The van der Waals surface area contributed by atoms with Gasteiger partial charge in [-0.2, -0.15) is 0 Å². The summed E-state index contributed by atoms with van der Waals surface area (Å²) in [6.45, 7) is 11.5. The fourth-order valence-electron chi connectivity index (χ4n) is 9.11. The number of nitrogens with zero attached hydrogens (tertiary/aromatic N) is 3. The average Bonchev–Trinajstić information content (AvgIpc) is 3.26. The molecule has 8 rings (SSSR count). The van der Waals surface area contributed by atoms with Crippen molar-refractivity contribution in [2.75, 3.05) is 0 Å². The SMILES string of the molecule is CC1=C(c2ccccc2)[C@@]2(C)[C@H]1[C@@H]1C=C[C@@H]2n2c(=O)n([C@@H]3C[C@@H]4CC[C@]3(C)C4(C)C)c(=O)n21. The Morgan fingerprint density at radius 3 is 2.27 bits per heavy atom. The maximum Gasteiger partial charge on any atom is 0.348 e. The molecule has 0 saturated heterocycles. The second-order valence-corrected chi connectivity index (χ2v) is 12.3. The quantitative estimate of drug-likeness (QED) is 0.615. The minimum atomic E-state index is -0.175. The Balaban J connectivity index is 1.41. The molecular formula is C28H33N3O2. The van der Waals surface area contributed by atoms with E-state index < -0.39 is 0 Å². The summed E-state index contributed by atoms with van der Waals surface area (Å²) in [6.07, 6.45) is 7.61. The van der Waals surface area contributed by atoms with Crippen LogP contribution in [0.5, 0.6) is 0 Å². The number of benzene rings is 1. The van der Waals surface area contributed by atoms with Gasteiger partial charge in [-0.1, -0.05) is 75.8 Å². The van der Waals surface area contributed by atoms with E-state index >= 15 is 0 Å². The zero-order valence-electron chi connectivity index (χ0n) is 20.2. The summed E-state index contributed by atoms with van der Waals surface area (Å²) in [4.78, 5) is 28.0. The van der Waals surface area contributed by atoms with Crippen molar-refractivity contribution >= 4 is 5.57 Å². The van der Waals surface area contributed by atoms with Gasteiger partial charge in [0.1, 0.15) is 0 Å². The Bertz CT molecular complexity index is 1390. The predicted molar refractivity (Wildman–Crippen MR) is 129 cm³/mol. The molecule has 0 radical (unpaired) electrons. The largest absolute Gasteiger partial charge is 0.348 e. The third-order valence-electron chi connectivity index (χ3n) is 11.2. The number of allylic oxidation sites excluding steroid dienone is 4. The van der Waals surface area contributed by atoms with Crippen LogP contribution in [0.3, 0.4) is 0 Å². The van der Waals surface area contributed by atoms with Gasteiger partial charge in [0, 0.05) is 17.4 Å². The highest BCUT2D eigenvalue weighted by Gasteiger charge is 2.65. The van der Waals surface area contributed by atoms with E-state index in [0.717, 1.165) is 12.8 Å². The molecule has 0 spiro atoms. The fourth-order valence-corrected chi connectivity index (χ4v) is 9.11. The molecule has 33 heavy (non-hydrogen) atoms. The highest BCUT2D eigenvalue weighted by molar-refractivity contribution is 5.81. The van der Waals surface area contributed by atoms with Gasteiger partial charge in [0.05, 0.1) is 12.1 Å². The molecule has 2 aliphatic heterocycles. The van der Waals surface area contributed by atoms with E-state index in [0.29, 0.717) is 5.92 Å². The molecule has 172 valence electrons. The molecule has 0 amide bonds. The van der Waals surface area contributed by atoms with E-state index in [-0.39, 0.29) is 51.7 Å². The van der Waals surface area contributed by atoms with Gasteiger partial charge in [-0.05, 0) is 54.1 Å². The first-order valence-electron chi connectivity index (χ1n) is 12.5. The standard InChI is InChI=1S/C28H33N3O2/c1-16-22(17-9-7-6-8-10-17)28(5)20-12-11-19(23(16)28)30-24(32)29(25(33)31(20)30)21-15-18-13-14-27(21,4)26(18,2)3/h6-12,18-21,23H,13-15H2,1-5H3/t18-,19-,20-,21+,23+,27-,28-/m0/s1. The normalized spacial score (nSPS) is 41.3. The van der Waals surface area contributed by atoms with Crippen LogP contribution < -0.4 is 11.4 Å². The minimum absolute atomic E-state index is 0.00985. The summed E-state index contributed by atoms with van der Waals surface area (Å²) >= 11 is 0. The Kier molecular flexibility index (Phi) is 3.45. The summed E-state index contributed by atoms with van der Waals surface area (Å²) in [5, 5.41) is 0. The second kappa shape index (κ2) is 5.73. The Morgan fingerprint density at radius 2 is 1.64 bits per heavy atom. The van der Waals surface area contributed by atoms with Crippen LogP contribution in [0, 0.1) is 28.1 Å². The summed E-state index contributed by atoms with van der Waals surface area (Å²) in [6, 6.07) is 10.3. The Hall–Kier alpha value is -2.56. The zero-order valence-corrected chi connectivity index (χ0v) is 20.2. The number of hydrogen-bond acceptors (Lipinski definition) is 2. The van der Waals surface area contributed by atoms with Crippen LogP contribution in [0.25, 0.3) is 5.57 Å². The molecule has 1 aromatic carbocycles. The molecule has 0 unspecified atom stereocenters. The smallest absolute Gasteiger partial charge is 0.246 e. The molecule has 2 saturated carbocycles. The van der Waals surface area contributed by atoms with Crippen molar-refractivity contribution in [2.45, 2.75) is 72.0 Å². The maximum absolute atomic E-state index is 14.0. The van der Waals surface area contributed by atoms with Crippen LogP contribution in [0.15, 0.2) is 57.6 Å². The first kappa shape index (κ1) is 19.9. The molecule has 3 heterocycles. The van der Waals surface area contributed by atoms with Crippen LogP contribution in [0.4, 0.5) is 0 Å². The van der Waals surface area contributed by atoms with Crippen LogP contribution in [-0.4, -0.2) is 13.9 Å². The first-order chi connectivity index (χ1) is 15.6. The number of fused-ring (bicyclic) bond motifs is 2. The topological polar surface area (TPSA) is 48.9 Å². The third kappa shape index (κ3) is 1.92. The molecule has 5 heteroatoms. The molecular weight excluding hydrogens is 410 g/mol. The van der Waals surface area contributed by atoms with E-state index in [1.165, 1.54) is 23.1 Å². The van der Waals surface area contributed by atoms with Gasteiger partial charge in [0.2, 0.25) is 0 Å². The van der Waals surface area contributed by atoms with E-state index in [2.05, 4.69) is 71.0 Å². The van der Waals surface area contributed by atoms with E-state index in [9.17, 15) is 9.59 Å². The Morgan fingerprint density at radius 1 is 0.939 bits per heavy atom. The van der Waals surface area contributed by atoms with E-state index in [1.54, 1.807) is 4.57 Å². The monoisotopic (exact) mass is 443 g/mol. The second-order valence-electron chi connectivity index (χ2n) is 12.3. The van der Waals surface area contributed by atoms with E-state index in [4.69, 9.17) is 0 Å². The lowest BCUT2D eigenvalue weighted by Crippen LogP contribution is -2.59. The molecule has 2 fully saturated rings. The molecule has 7 atom stereocenters. The van der Waals surface area contributed by atoms with Gasteiger partial charge in [0.15, 0.2) is 0 Å². The van der Waals surface area contributed by atoms with Crippen molar-refractivity contribution in [3.63, 3.8) is 0 Å². The van der Waals surface area contributed by atoms with Gasteiger partial charge < -0.3 is 0 Å². The Labute approximate surface area is 194 Å². The number of rotatable bonds is 2. The molecule has 4 bridgehead atoms. The van der Waals surface area contributed by atoms with Crippen molar-refractivity contribution in [1.82, 2.24) is 13.9 Å². The van der Waals surface area contributed by atoms with Gasteiger partial charge >= 0.3 is 11.4 Å². The molecule has 5 nitrogen and oxygen atoms in total. The van der Waals surface area contributed by atoms with Crippen molar-refractivity contribution < 1.29 is 0 Å². The number of hydrogen-bond donors (Lipinski definition) is 0. The number of aromatic nitrogens is 3. The van der Waals surface area contributed by atoms with Crippen LogP contribution >= 0.6 is 0 Å². The van der Waals surface area contributed by atoms with Crippen molar-refractivity contribution in [3.05, 3.63) is 74.6 Å². The zero-order chi connectivity index (χ0) is 23.1. The highest BCUT2D eigenvalue weighted by Crippen LogP contribution is 2.70. The van der Waals surface area contributed by atoms with Crippen molar-refractivity contribution in [3.8, 4) is 0 Å². The average molecular weight is 444 g/mol. The van der Waals surface area contributed by atoms with Crippen LogP contribution in [-0.2, 0) is 0 Å². The lowest BCUT2D eigenvalue weighted by molar-refractivity contribution is 0.0566. The molecule has 6 aliphatic rings. The summed E-state index contributed by atoms with van der Waals surface area (Å²) in [7, 11) is 0. The lowest BCUT2D eigenvalue weighted by Gasteiger charge is -2.61. The van der Waals surface area contributed by atoms with Gasteiger partial charge in [-0.15, -0.1) is 0 Å². The van der Waals surface area contributed by atoms with Gasteiger partial charge in [-0.25, -0.2) is 23.5 Å². The maximum atomic E-state index is 14.0. The molecule has 0 N–H and O–H groups in total. The fraction of sp³-hybridized carbons (Fsp3) is 0.571. The summed E-state index contributed by atoms with van der Waals surface area (Å²) in [5.41, 5.74) is 3.69. The van der Waals surface area contributed by atoms with Crippen LogP contribution in [0.1, 0.15) is 77.6 Å². The first-order valence-corrected chi connectivity index (χ1v) is 12.5.